The Morgan fingerprint density at radius 1 is 1.00 bits per heavy atom. The van der Waals surface area contributed by atoms with E-state index in [-0.39, 0.29) is 5.75 Å². The molecule has 0 fully saturated rings. The quantitative estimate of drug-likeness (QED) is 0.617. The molecule has 0 aromatic heterocycles. The zero-order chi connectivity index (χ0) is 12.8. The lowest BCUT2D eigenvalue weighted by atomic mass is 10.1. The predicted molar refractivity (Wildman–Crippen MR) is 72.6 cm³/mol. The van der Waals surface area contributed by atoms with E-state index in [1.807, 2.05) is 36.4 Å². The van der Waals surface area contributed by atoms with Gasteiger partial charge in [0.25, 0.3) is 0 Å². The third kappa shape index (κ3) is 3.04. The van der Waals surface area contributed by atoms with Gasteiger partial charge in [0, 0.05) is 0 Å². The monoisotopic (exact) mass is 238 g/mol. The first-order valence-corrected chi connectivity index (χ1v) is 5.69. The van der Waals surface area contributed by atoms with Gasteiger partial charge in [-0.05, 0) is 42.3 Å². The Balaban J connectivity index is 2.22. The molecule has 2 aromatic rings. The molecule has 0 unspecified atom stereocenters. The highest BCUT2D eigenvalue weighted by Gasteiger charge is 2.00. The van der Waals surface area contributed by atoms with Gasteiger partial charge in [0.15, 0.2) is 0 Å². The van der Waals surface area contributed by atoms with E-state index in [1.54, 1.807) is 18.2 Å². The van der Waals surface area contributed by atoms with Crippen molar-refractivity contribution in [3.63, 3.8) is 0 Å². The summed E-state index contributed by atoms with van der Waals surface area (Å²) in [4.78, 5) is 0. The summed E-state index contributed by atoms with van der Waals surface area (Å²) in [6.07, 6.45) is 2.35. The van der Waals surface area contributed by atoms with E-state index in [9.17, 15) is 5.11 Å². The first-order valence-electron chi connectivity index (χ1n) is 5.69. The number of azo groups is 1. The summed E-state index contributed by atoms with van der Waals surface area (Å²) < 4.78 is 0. The van der Waals surface area contributed by atoms with Crippen LogP contribution in [0.25, 0.3) is 0 Å². The third-order valence-electron chi connectivity index (χ3n) is 2.46. The predicted octanol–water partition coefficient (Wildman–Crippen LogP) is 4.54. The summed E-state index contributed by atoms with van der Waals surface area (Å²) >= 11 is 0. The highest BCUT2D eigenvalue weighted by atomic mass is 16.3. The first-order chi connectivity index (χ1) is 8.79. The van der Waals surface area contributed by atoms with E-state index < -0.39 is 0 Å². The minimum atomic E-state index is 0.258. The van der Waals surface area contributed by atoms with Crippen molar-refractivity contribution in [3.8, 4) is 5.75 Å². The molecule has 3 heteroatoms. The van der Waals surface area contributed by atoms with Crippen LogP contribution in [0.2, 0.25) is 0 Å². The summed E-state index contributed by atoms with van der Waals surface area (Å²) in [5.41, 5.74) is 2.32. The molecule has 0 saturated carbocycles. The Hall–Kier alpha value is -2.42. The Kier molecular flexibility index (Phi) is 3.86. The molecule has 0 heterocycles. The van der Waals surface area contributed by atoms with Crippen LogP contribution < -0.4 is 0 Å². The van der Waals surface area contributed by atoms with Crippen LogP contribution in [0.5, 0.6) is 5.75 Å². The van der Waals surface area contributed by atoms with Crippen molar-refractivity contribution in [2.45, 2.75) is 6.42 Å². The number of rotatable bonds is 4. The van der Waals surface area contributed by atoms with Gasteiger partial charge in [-0.15, -0.1) is 6.58 Å². The number of allylic oxidation sites excluding steroid dienone is 1. The number of benzene rings is 2. The van der Waals surface area contributed by atoms with Crippen molar-refractivity contribution in [1.29, 1.82) is 0 Å². The summed E-state index contributed by atoms with van der Waals surface area (Å²) in [7, 11) is 0. The Morgan fingerprint density at radius 2 is 1.72 bits per heavy atom. The number of phenolic OH excluding ortho intramolecular Hbond substituents is 1. The van der Waals surface area contributed by atoms with E-state index in [0.717, 1.165) is 11.3 Å². The fourth-order valence-corrected chi connectivity index (χ4v) is 1.56. The van der Waals surface area contributed by atoms with Crippen LogP contribution in [-0.2, 0) is 6.42 Å². The van der Waals surface area contributed by atoms with Gasteiger partial charge in [0.1, 0.15) is 5.75 Å². The largest absolute Gasteiger partial charge is 0.508 e. The average molecular weight is 238 g/mol. The molecule has 0 saturated heterocycles. The van der Waals surface area contributed by atoms with E-state index in [4.69, 9.17) is 0 Å². The zero-order valence-electron chi connectivity index (χ0n) is 9.95. The standard InChI is InChI=1S/C15H14N2O/c1-2-6-12-11-14(9-10-15(12)18)17-16-13-7-4-3-5-8-13/h2-5,7-11,18H,1,6H2. The topological polar surface area (TPSA) is 45.0 Å². The van der Waals surface area contributed by atoms with Crippen LogP contribution in [0.4, 0.5) is 11.4 Å². The number of phenols is 1. The van der Waals surface area contributed by atoms with Crippen molar-refractivity contribution in [2.24, 2.45) is 10.2 Å². The maximum absolute atomic E-state index is 9.63. The van der Waals surface area contributed by atoms with Crippen LogP contribution in [0, 0.1) is 0 Å². The maximum atomic E-state index is 9.63. The molecule has 90 valence electrons. The third-order valence-corrected chi connectivity index (χ3v) is 2.46. The molecule has 2 aromatic carbocycles. The zero-order valence-corrected chi connectivity index (χ0v) is 9.95. The summed E-state index contributed by atoms with van der Waals surface area (Å²) in [6.45, 7) is 3.66. The lowest BCUT2D eigenvalue weighted by Crippen LogP contribution is -1.81. The van der Waals surface area contributed by atoms with Gasteiger partial charge in [-0.2, -0.15) is 10.2 Å². The minimum Gasteiger partial charge on any atom is -0.508 e. The smallest absolute Gasteiger partial charge is 0.119 e. The molecule has 0 aliphatic rings. The van der Waals surface area contributed by atoms with Crippen LogP contribution >= 0.6 is 0 Å². The molecule has 3 nitrogen and oxygen atoms in total. The van der Waals surface area contributed by atoms with Crippen LogP contribution in [0.1, 0.15) is 5.56 Å². The number of nitrogens with zero attached hydrogens (tertiary/aromatic N) is 2. The second-order valence-corrected chi connectivity index (χ2v) is 3.84. The van der Waals surface area contributed by atoms with Gasteiger partial charge in [-0.3, -0.25) is 0 Å². The molecule has 0 spiro atoms. The number of hydrogen-bond donors (Lipinski definition) is 1. The van der Waals surface area contributed by atoms with Gasteiger partial charge in [0.05, 0.1) is 11.4 Å². The number of hydrogen-bond acceptors (Lipinski definition) is 3. The van der Waals surface area contributed by atoms with Crippen molar-refractivity contribution < 1.29 is 5.11 Å². The summed E-state index contributed by atoms with van der Waals surface area (Å²) in [6, 6.07) is 14.7. The van der Waals surface area contributed by atoms with E-state index in [0.29, 0.717) is 12.1 Å². The highest BCUT2D eigenvalue weighted by molar-refractivity contribution is 5.47. The molecule has 18 heavy (non-hydrogen) atoms. The van der Waals surface area contributed by atoms with Gasteiger partial charge >= 0.3 is 0 Å². The normalized spacial score (nSPS) is 10.7. The van der Waals surface area contributed by atoms with Gasteiger partial charge in [0.2, 0.25) is 0 Å². The maximum Gasteiger partial charge on any atom is 0.119 e. The molecule has 0 bridgehead atoms. The van der Waals surface area contributed by atoms with Crippen molar-refractivity contribution in [3.05, 3.63) is 66.7 Å². The van der Waals surface area contributed by atoms with Crippen LogP contribution in [-0.4, -0.2) is 5.11 Å². The summed E-state index contributed by atoms with van der Waals surface area (Å²) in [5.74, 6) is 0.258. The van der Waals surface area contributed by atoms with Crippen molar-refractivity contribution >= 4 is 11.4 Å². The van der Waals surface area contributed by atoms with Gasteiger partial charge in [-0.1, -0.05) is 24.3 Å². The van der Waals surface area contributed by atoms with Crippen LogP contribution in [0.3, 0.4) is 0 Å². The average Bonchev–Trinajstić information content (AvgIpc) is 2.41. The molecule has 0 aliphatic heterocycles. The van der Waals surface area contributed by atoms with E-state index in [2.05, 4.69) is 16.8 Å². The Morgan fingerprint density at radius 3 is 2.44 bits per heavy atom. The molecule has 2 rings (SSSR count). The second kappa shape index (κ2) is 5.77. The van der Waals surface area contributed by atoms with Crippen molar-refractivity contribution in [1.82, 2.24) is 0 Å². The molecular weight excluding hydrogens is 224 g/mol. The molecular formula is C15H14N2O. The fourth-order valence-electron chi connectivity index (χ4n) is 1.56. The summed E-state index contributed by atoms with van der Waals surface area (Å²) in [5, 5.41) is 17.9. The lowest BCUT2D eigenvalue weighted by molar-refractivity contribution is 0.470. The van der Waals surface area contributed by atoms with Crippen molar-refractivity contribution in [2.75, 3.05) is 0 Å². The first kappa shape index (κ1) is 12.0. The molecule has 0 atom stereocenters. The fraction of sp³-hybridized carbons (Fsp3) is 0.0667. The van der Waals surface area contributed by atoms with E-state index >= 15 is 0 Å². The van der Waals surface area contributed by atoms with Crippen LogP contribution in [0.15, 0.2) is 71.4 Å². The van der Waals surface area contributed by atoms with Gasteiger partial charge < -0.3 is 5.11 Å². The lowest BCUT2D eigenvalue weighted by Gasteiger charge is -2.01. The molecule has 1 N–H and O–H groups in total. The molecule has 0 aliphatic carbocycles. The SMILES string of the molecule is C=CCc1cc(N=Nc2ccccc2)ccc1O. The molecule has 0 radical (unpaired) electrons. The number of aromatic hydroxyl groups is 1. The minimum absolute atomic E-state index is 0.258. The second-order valence-electron chi connectivity index (χ2n) is 3.84. The Labute approximate surface area is 106 Å². The van der Waals surface area contributed by atoms with Gasteiger partial charge in [-0.25, -0.2) is 0 Å². The Bertz CT molecular complexity index is 562. The highest BCUT2D eigenvalue weighted by Crippen LogP contribution is 2.25. The molecule has 0 amide bonds. The van der Waals surface area contributed by atoms with E-state index in [1.165, 1.54) is 0 Å².